The summed E-state index contributed by atoms with van der Waals surface area (Å²) in [6.07, 6.45) is 5.93. The number of aliphatic hydroxyl groups excluding tert-OH is 1. The van der Waals surface area contributed by atoms with Crippen molar-refractivity contribution in [1.29, 1.82) is 0 Å². The van der Waals surface area contributed by atoms with Gasteiger partial charge in [-0.15, -0.1) is 6.42 Å². The molecule has 4 unspecified atom stereocenters. The molecule has 3 aromatic carbocycles. The minimum atomic E-state index is -1.71. The van der Waals surface area contributed by atoms with Gasteiger partial charge in [-0.05, 0) is 47.3 Å². The van der Waals surface area contributed by atoms with Gasteiger partial charge in [0.1, 0.15) is 28.6 Å². The molecule has 9 nitrogen and oxygen atoms in total. The Labute approximate surface area is 254 Å². The van der Waals surface area contributed by atoms with Gasteiger partial charge in [0.05, 0.1) is 19.2 Å². The number of ether oxygens (including phenoxy) is 2. The van der Waals surface area contributed by atoms with Crippen molar-refractivity contribution in [2.45, 2.75) is 30.0 Å². The van der Waals surface area contributed by atoms with Crippen LogP contribution >= 0.6 is 0 Å². The SMILES string of the molecule is C#CCNS([NH-])=O.CO.COc1cc(O)cc2c1C1(O)CCC(c3ccccc3)C1(c1ccc(O)cc1)O2.[U]. The van der Waals surface area contributed by atoms with Crippen molar-refractivity contribution >= 4 is 11.2 Å². The van der Waals surface area contributed by atoms with Gasteiger partial charge >= 0.3 is 0 Å². The zero-order valence-corrected chi connectivity index (χ0v) is 26.5. The van der Waals surface area contributed by atoms with Crippen molar-refractivity contribution in [2.24, 2.45) is 0 Å². The number of benzene rings is 3. The van der Waals surface area contributed by atoms with E-state index in [1.165, 1.54) is 19.2 Å². The Kier molecular flexibility index (Phi) is 11.9. The van der Waals surface area contributed by atoms with Crippen molar-refractivity contribution in [3.05, 3.63) is 88.6 Å². The topological polar surface area (TPSA) is 152 Å². The number of aliphatic hydroxyl groups is 2. The zero-order chi connectivity index (χ0) is 27.9. The molecule has 5 rings (SSSR count). The van der Waals surface area contributed by atoms with Crippen LogP contribution in [0.4, 0.5) is 0 Å². The molecular weight excluding hydrogens is 746 g/mol. The third-order valence-electron chi connectivity index (χ3n) is 6.66. The average Bonchev–Trinajstić information content (AvgIpc) is 3.35. The number of phenolic OH excluding ortho intramolecular Hbond substituents is 2. The molecule has 206 valence electrons. The monoisotopic (exact) mass is 777 g/mol. The fraction of sp³-hybridized carbons (Fsp3) is 0.286. The third-order valence-corrected chi connectivity index (χ3v) is 7.07. The molecule has 1 aliphatic carbocycles. The summed E-state index contributed by atoms with van der Waals surface area (Å²) >= 11 is -1.71. The quantitative estimate of drug-likeness (QED) is 0.249. The number of phenols is 2. The van der Waals surface area contributed by atoms with Crippen LogP contribution in [0.25, 0.3) is 5.14 Å². The van der Waals surface area contributed by atoms with Gasteiger partial charge in [-0.3, -0.25) is 4.21 Å². The van der Waals surface area contributed by atoms with Crippen molar-refractivity contribution in [1.82, 2.24) is 4.72 Å². The Balaban J connectivity index is 0.000000469. The van der Waals surface area contributed by atoms with E-state index in [-0.39, 0.29) is 55.1 Å². The van der Waals surface area contributed by atoms with Gasteiger partial charge in [-0.25, -0.2) is 4.72 Å². The first kappa shape index (κ1) is 32.7. The second kappa shape index (κ2) is 14.2. The van der Waals surface area contributed by atoms with E-state index >= 15 is 0 Å². The molecular formula is C28H31N2O7SU-. The predicted octanol–water partition coefficient (Wildman–Crippen LogP) is 3.61. The van der Waals surface area contributed by atoms with E-state index in [4.69, 9.17) is 26.1 Å². The number of hydrogen-bond donors (Lipinski definition) is 5. The van der Waals surface area contributed by atoms with Crippen LogP contribution in [0.5, 0.6) is 23.0 Å². The molecule has 1 saturated carbocycles. The number of methoxy groups -OCH3 is 1. The second-order valence-electron chi connectivity index (χ2n) is 8.56. The van der Waals surface area contributed by atoms with E-state index in [9.17, 15) is 19.5 Å². The Morgan fingerprint density at radius 3 is 2.31 bits per heavy atom. The number of hydrogen-bond acceptors (Lipinski definition) is 7. The molecule has 0 bridgehead atoms. The number of nitrogens with one attached hydrogen (secondary N) is 2. The van der Waals surface area contributed by atoms with Gasteiger partial charge in [0.2, 0.25) is 0 Å². The van der Waals surface area contributed by atoms with Crippen molar-refractivity contribution in [2.75, 3.05) is 20.8 Å². The maximum absolute atomic E-state index is 12.1. The maximum Gasteiger partial charge on any atom is 0.174 e. The molecule has 0 spiro atoms. The van der Waals surface area contributed by atoms with E-state index in [2.05, 4.69) is 10.6 Å². The fourth-order valence-electron chi connectivity index (χ4n) is 5.30. The normalized spacial score (nSPS) is 22.6. The van der Waals surface area contributed by atoms with Crippen LogP contribution in [-0.4, -0.2) is 45.4 Å². The van der Waals surface area contributed by atoms with Crippen LogP contribution in [0.2, 0.25) is 0 Å². The zero-order valence-electron chi connectivity index (χ0n) is 21.5. The van der Waals surface area contributed by atoms with Gasteiger partial charge in [0, 0.05) is 56.3 Å². The Morgan fingerprint density at radius 1 is 1.13 bits per heavy atom. The van der Waals surface area contributed by atoms with Gasteiger partial charge in [0.15, 0.2) is 5.60 Å². The summed E-state index contributed by atoms with van der Waals surface area (Å²) in [5, 5.41) is 45.5. The van der Waals surface area contributed by atoms with Gasteiger partial charge in [0.25, 0.3) is 0 Å². The number of terminal acetylenes is 1. The smallest absolute Gasteiger partial charge is 0.174 e. The Bertz CT molecular complexity index is 1300. The van der Waals surface area contributed by atoms with Crippen LogP contribution in [0.3, 0.4) is 0 Å². The van der Waals surface area contributed by atoms with E-state index in [0.29, 0.717) is 29.9 Å². The van der Waals surface area contributed by atoms with E-state index < -0.39 is 22.4 Å². The molecule has 0 radical (unpaired) electrons. The van der Waals surface area contributed by atoms with Crippen LogP contribution < -0.4 is 14.2 Å². The van der Waals surface area contributed by atoms with Crippen molar-refractivity contribution < 1.29 is 65.2 Å². The Hall–Kier alpha value is -2.54. The summed E-state index contributed by atoms with van der Waals surface area (Å²) in [5.41, 5.74) is -0.0664. The first-order chi connectivity index (χ1) is 18.3. The van der Waals surface area contributed by atoms with Crippen molar-refractivity contribution in [3.8, 4) is 35.3 Å². The first-order valence-electron chi connectivity index (χ1n) is 11.7. The molecule has 0 amide bonds. The van der Waals surface area contributed by atoms with E-state index in [1.807, 2.05) is 30.3 Å². The molecule has 2 aliphatic rings. The molecule has 0 aromatic heterocycles. The average molecular weight is 778 g/mol. The molecule has 39 heavy (non-hydrogen) atoms. The van der Waals surface area contributed by atoms with Crippen LogP contribution in [-0.2, 0) is 22.4 Å². The van der Waals surface area contributed by atoms with Gasteiger partial charge < -0.3 is 35.0 Å². The number of fused-ring (bicyclic) bond motifs is 3. The van der Waals surface area contributed by atoms with Crippen LogP contribution in [0.1, 0.15) is 35.4 Å². The summed E-state index contributed by atoms with van der Waals surface area (Å²) in [6.45, 7) is 0.191. The minimum absolute atomic E-state index is 0. The second-order valence-corrected chi connectivity index (χ2v) is 9.39. The maximum atomic E-state index is 12.1. The first-order valence-corrected chi connectivity index (χ1v) is 12.8. The standard InChI is InChI=1S/C24H22O5.C3H5N2OS.CH4O.U/c1-28-20-13-18(26)14-21-22(20)23(27)12-11-19(15-5-3-2-4-6-15)24(23,29-21)16-7-9-17(25)10-8-16;1-2-3-5-7(4)6;1-2;/h2-10,13-14,19,25-27H,11-12H2,1H3;1,4-5H,3H2;2H,1H3;/q;-1;;. The van der Waals surface area contributed by atoms with Gasteiger partial charge in [-0.1, -0.05) is 48.4 Å². The summed E-state index contributed by atoms with van der Waals surface area (Å²) in [5.74, 6) is 3.02. The minimum Gasteiger partial charge on any atom is -0.578 e. The number of rotatable bonds is 5. The fourth-order valence-corrected chi connectivity index (χ4v) is 5.51. The van der Waals surface area contributed by atoms with Gasteiger partial charge in [-0.2, -0.15) is 0 Å². The molecule has 1 heterocycles. The van der Waals surface area contributed by atoms with Crippen molar-refractivity contribution in [3.63, 3.8) is 0 Å². The Morgan fingerprint density at radius 2 is 1.77 bits per heavy atom. The molecule has 0 saturated heterocycles. The predicted molar refractivity (Wildman–Crippen MR) is 145 cm³/mol. The van der Waals surface area contributed by atoms with E-state index in [1.54, 1.807) is 24.3 Å². The molecule has 4 atom stereocenters. The van der Waals surface area contributed by atoms with E-state index in [0.717, 1.165) is 18.2 Å². The molecule has 1 aliphatic heterocycles. The molecule has 1 fully saturated rings. The third kappa shape index (κ3) is 6.29. The largest absolute Gasteiger partial charge is 0.578 e. The summed E-state index contributed by atoms with van der Waals surface area (Å²) < 4.78 is 24.1. The summed E-state index contributed by atoms with van der Waals surface area (Å²) in [6, 6.07) is 19.8. The molecule has 3 aromatic rings. The van der Waals surface area contributed by atoms with Crippen LogP contribution in [0, 0.1) is 43.5 Å². The molecule has 6 N–H and O–H groups in total. The molecule has 11 heteroatoms. The summed E-state index contributed by atoms with van der Waals surface area (Å²) in [7, 11) is 2.52. The number of aromatic hydroxyl groups is 2. The van der Waals surface area contributed by atoms with Crippen LogP contribution in [0.15, 0.2) is 66.7 Å². The summed E-state index contributed by atoms with van der Waals surface area (Å²) in [4.78, 5) is 0.